The molecule has 0 fully saturated rings. The van der Waals surface area contributed by atoms with E-state index in [0.717, 1.165) is 11.1 Å². The Kier molecular flexibility index (Phi) is 5.59. The predicted octanol–water partition coefficient (Wildman–Crippen LogP) is 3.51. The Morgan fingerprint density at radius 3 is 2.71 bits per heavy atom. The number of nitrogens with one attached hydrogen (secondary N) is 1. The average Bonchev–Trinajstić information content (AvgIpc) is 3.21. The standard InChI is InChI=1S/C22H21N3O6/c1-22(2,27)15-5-3-14(4-6-15)10-24-21(26)31-19-11-23-12-25-20(19)30-16-7-8-17-18(9-16)29-13-28-17/h3-9,11-12,27H,10,13H2,1-2H3,(H,24,26). The molecule has 1 aromatic heterocycles. The lowest BCUT2D eigenvalue weighted by Crippen LogP contribution is -2.26. The first-order valence-electron chi connectivity index (χ1n) is 9.53. The van der Waals surface area contributed by atoms with Gasteiger partial charge >= 0.3 is 6.09 Å². The Hall–Kier alpha value is -3.85. The van der Waals surface area contributed by atoms with Crippen LogP contribution in [0.1, 0.15) is 25.0 Å². The molecule has 0 saturated carbocycles. The number of nitrogens with zero attached hydrogens (tertiary/aromatic N) is 2. The molecular formula is C22H21N3O6. The van der Waals surface area contributed by atoms with Gasteiger partial charge in [-0.25, -0.2) is 9.78 Å². The zero-order valence-corrected chi connectivity index (χ0v) is 17.0. The van der Waals surface area contributed by atoms with Crippen molar-refractivity contribution in [2.45, 2.75) is 26.0 Å². The number of hydrogen-bond donors (Lipinski definition) is 2. The number of amides is 1. The zero-order chi connectivity index (χ0) is 21.8. The van der Waals surface area contributed by atoms with Crippen molar-refractivity contribution < 1.29 is 28.8 Å². The number of rotatable bonds is 6. The molecule has 0 spiro atoms. The minimum absolute atomic E-state index is 0.0649. The summed E-state index contributed by atoms with van der Waals surface area (Å²) in [5.41, 5.74) is 0.712. The van der Waals surface area contributed by atoms with E-state index in [1.807, 2.05) is 24.3 Å². The molecule has 1 aliphatic rings. The Morgan fingerprint density at radius 2 is 1.94 bits per heavy atom. The van der Waals surface area contributed by atoms with Crippen LogP contribution in [0.5, 0.6) is 28.9 Å². The first-order valence-corrected chi connectivity index (χ1v) is 9.53. The SMILES string of the molecule is CC(C)(O)c1ccc(CNC(=O)Oc2cncnc2Oc2ccc3c(c2)OCO3)cc1. The van der Waals surface area contributed by atoms with Gasteiger partial charge in [0.1, 0.15) is 12.1 Å². The summed E-state index contributed by atoms with van der Waals surface area (Å²) in [4.78, 5) is 20.2. The third kappa shape index (κ3) is 5.01. The van der Waals surface area contributed by atoms with Crippen molar-refractivity contribution in [2.24, 2.45) is 0 Å². The van der Waals surface area contributed by atoms with Crippen LogP contribution < -0.4 is 24.3 Å². The van der Waals surface area contributed by atoms with Gasteiger partial charge in [-0.15, -0.1) is 0 Å². The molecule has 1 amide bonds. The molecule has 4 rings (SSSR count). The Bertz CT molecular complexity index is 1080. The highest BCUT2D eigenvalue weighted by Gasteiger charge is 2.18. The molecule has 160 valence electrons. The van der Waals surface area contributed by atoms with E-state index in [0.29, 0.717) is 17.2 Å². The smallest absolute Gasteiger partial charge is 0.413 e. The Balaban J connectivity index is 1.37. The molecule has 1 aliphatic heterocycles. The van der Waals surface area contributed by atoms with E-state index in [9.17, 15) is 9.90 Å². The van der Waals surface area contributed by atoms with Crippen LogP contribution in [-0.4, -0.2) is 28.0 Å². The number of ether oxygens (including phenoxy) is 4. The van der Waals surface area contributed by atoms with Gasteiger partial charge in [-0.05, 0) is 37.1 Å². The highest BCUT2D eigenvalue weighted by atomic mass is 16.7. The van der Waals surface area contributed by atoms with Crippen LogP contribution in [0.2, 0.25) is 0 Å². The molecular weight excluding hydrogens is 402 g/mol. The van der Waals surface area contributed by atoms with Crippen molar-refractivity contribution in [3.8, 4) is 28.9 Å². The molecule has 31 heavy (non-hydrogen) atoms. The number of aliphatic hydroxyl groups is 1. The zero-order valence-electron chi connectivity index (χ0n) is 17.0. The Morgan fingerprint density at radius 1 is 1.16 bits per heavy atom. The Labute approximate surface area is 178 Å². The van der Waals surface area contributed by atoms with Gasteiger partial charge in [0.15, 0.2) is 11.5 Å². The van der Waals surface area contributed by atoms with E-state index >= 15 is 0 Å². The van der Waals surface area contributed by atoms with Crippen LogP contribution in [0.3, 0.4) is 0 Å². The molecule has 0 atom stereocenters. The normalized spacial score (nSPS) is 12.4. The molecule has 0 aliphatic carbocycles. The topological polar surface area (TPSA) is 112 Å². The van der Waals surface area contributed by atoms with Gasteiger partial charge < -0.3 is 29.4 Å². The maximum atomic E-state index is 12.2. The molecule has 0 radical (unpaired) electrons. The summed E-state index contributed by atoms with van der Waals surface area (Å²) >= 11 is 0. The van der Waals surface area contributed by atoms with Crippen LogP contribution in [0.4, 0.5) is 4.79 Å². The number of aromatic nitrogens is 2. The number of carbonyl (C=O) groups is 1. The summed E-state index contributed by atoms with van der Waals surface area (Å²) in [5, 5.41) is 12.7. The maximum absolute atomic E-state index is 12.2. The number of fused-ring (bicyclic) bond motifs is 1. The van der Waals surface area contributed by atoms with Crippen LogP contribution in [0.15, 0.2) is 55.0 Å². The highest BCUT2D eigenvalue weighted by molar-refractivity contribution is 5.71. The van der Waals surface area contributed by atoms with Gasteiger partial charge in [0.2, 0.25) is 12.5 Å². The fraction of sp³-hybridized carbons (Fsp3) is 0.227. The molecule has 0 unspecified atom stereocenters. The van der Waals surface area contributed by atoms with Crippen LogP contribution in [-0.2, 0) is 12.1 Å². The summed E-state index contributed by atoms with van der Waals surface area (Å²) in [5.74, 6) is 1.78. The monoisotopic (exact) mass is 423 g/mol. The van der Waals surface area contributed by atoms with Gasteiger partial charge in [0.25, 0.3) is 5.88 Å². The summed E-state index contributed by atoms with van der Waals surface area (Å²) < 4.78 is 21.6. The molecule has 9 nitrogen and oxygen atoms in total. The average molecular weight is 423 g/mol. The van der Waals surface area contributed by atoms with Gasteiger partial charge in [-0.3, -0.25) is 0 Å². The third-order valence-corrected chi connectivity index (χ3v) is 4.50. The lowest BCUT2D eigenvalue weighted by Gasteiger charge is -2.18. The fourth-order valence-corrected chi connectivity index (χ4v) is 2.84. The summed E-state index contributed by atoms with van der Waals surface area (Å²) in [7, 11) is 0. The number of carbonyl (C=O) groups excluding carboxylic acids is 1. The quantitative estimate of drug-likeness (QED) is 0.619. The van der Waals surface area contributed by atoms with E-state index in [2.05, 4.69) is 15.3 Å². The number of benzene rings is 2. The van der Waals surface area contributed by atoms with Gasteiger partial charge in [-0.2, -0.15) is 4.98 Å². The lowest BCUT2D eigenvalue weighted by atomic mass is 9.97. The van der Waals surface area contributed by atoms with E-state index in [1.165, 1.54) is 12.5 Å². The fourth-order valence-electron chi connectivity index (χ4n) is 2.84. The summed E-state index contributed by atoms with van der Waals surface area (Å²) in [6.07, 6.45) is 1.95. The molecule has 2 aromatic carbocycles. The molecule has 3 aromatic rings. The van der Waals surface area contributed by atoms with Crippen LogP contribution in [0.25, 0.3) is 0 Å². The van der Waals surface area contributed by atoms with Crippen molar-refractivity contribution >= 4 is 6.09 Å². The van der Waals surface area contributed by atoms with Crippen molar-refractivity contribution in [1.29, 1.82) is 0 Å². The van der Waals surface area contributed by atoms with Gasteiger partial charge in [-0.1, -0.05) is 24.3 Å². The molecule has 0 saturated heterocycles. The highest BCUT2D eigenvalue weighted by Crippen LogP contribution is 2.37. The van der Waals surface area contributed by atoms with E-state index in [-0.39, 0.29) is 25.0 Å². The summed E-state index contributed by atoms with van der Waals surface area (Å²) in [6.45, 7) is 3.82. The van der Waals surface area contributed by atoms with E-state index in [1.54, 1.807) is 32.0 Å². The van der Waals surface area contributed by atoms with Gasteiger partial charge in [0, 0.05) is 12.6 Å². The molecule has 0 bridgehead atoms. The minimum atomic E-state index is -0.924. The van der Waals surface area contributed by atoms with Crippen molar-refractivity contribution in [3.05, 3.63) is 66.1 Å². The van der Waals surface area contributed by atoms with Crippen LogP contribution >= 0.6 is 0 Å². The summed E-state index contributed by atoms with van der Waals surface area (Å²) in [6, 6.07) is 12.3. The van der Waals surface area contributed by atoms with E-state index in [4.69, 9.17) is 18.9 Å². The van der Waals surface area contributed by atoms with Crippen LogP contribution in [0, 0.1) is 0 Å². The van der Waals surface area contributed by atoms with Crippen molar-refractivity contribution in [2.75, 3.05) is 6.79 Å². The largest absolute Gasteiger partial charge is 0.454 e. The molecule has 2 N–H and O–H groups in total. The van der Waals surface area contributed by atoms with Gasteiger partial charge in [0.05, 0.1) is 11.8 Å². The second-order valence-corrected chi connectivity index (χ2v) is 7.31. The second kappa shape index (κ2) is 8.49. The van der Waals surface area contributed by atoms with Crippen molar-refractivity contribution in [3.63, 3.8) is 0 Å². The van der Waals surface area contributed by atoms with E-state index < -0.39 is 11.7 Å². The first kappa shape index (κ1) is 20.4. The third-order valence-electron chi connectivity index (χ3n) is 4.50. The maximum Gasteiger partial charge on any atom is 0.413 e. The predicted molar refractivity (Wildman–Crippen MR) is 109 cm³/mol. The van der Waals surface area contributed by atoms with Crippen molar-refractivity contribution in [1.82, 2.24) is 15.3 Å². The first-order chi connectivity index (χ1) is 14.9. The minimum Gasteiger partial charge on any atom is -0.454 e. The second-order valence-electron chi connectivity index (χ2n) is 7.31. The molecule has 2 heterocycles. The number of hydrogen-bond acceptors (Lipinski definition) is 8. The molecule has 9 heteroatoms. The lowest BCUT2D eigenvalue weighted by molar-refractivity contribution is 0.0786.